The molecule has 4 heteroatoms. The van der Waals surface area contributed by atoms with Crippen molar-refractivity contribution in [1.82, 2.24) is 0 Å². The van der Waals surface area contributed by atoms with Crippen LogP contribution in [0.3, 0.4) is 0 Å². The summed E-state index contributed by atoms with van der Waals surface area (Å²) in [4.78, 5) is 13.4. The standard InChI is InChI=1S/C18H19ClN2O/c1-12(2)21-10-16(11-22)20-17-7-6-14(9-18(17)21)13-4-3-5-15(19)8-13/h3-9,11-12,16,20H,10H2,1-2H3. The fourth-order valence-corrected chi connectivity index (χ4v) is 3.05. The molecule has 3 rings (SSSR count). The molecule has 1 heterocycles. The summed E-state index contributed by atoms with van der Waals surface area (Å²) in [6.07, 6.45) is 0.975. The Hall–Kier alpha value is -2.00. The Morgan fingerprint density at radius 3 is 2.68 bits per heavy atom. The van der Waals surface area contributed by atoms with Gasteiger partial charge in [-0.3, -0.25) is 0 Å². The third kappa shape index (κ3) is 2.81. The van der Waals surface area contributed by atoms with Gasteiger partial charge >= 0.3 is 0 Å². The normalized spacial score (nSPS) is 17.1. The molecule has 0 saturated heterocycles. The fraction of sp³-hybridized carbons (Fsp3) is 0.278. The number of benzene rings is 2. The smallest absolute Gasteiger partial charge is 0.144 e. The van der Waals surface area contributed by atoms with Crippen molar-refractivity contribution in [1.29, 1.82) is 0 Å². The van der Waals surface area contributed by atoms with Crippen LogP contribution in [0.1, 0.15) is 13.8 Å². The maximum Gasteiger partial charge on any atom is 0.144 e. The zero-order chi connectivity index (χ0) is 15.7. The van der Waals surface area contributed by atoms with E-state index in [9.17, 15) is 4.79 Å². The number of hydrogen-bond donors (Lipinski definition) is 1. The first kappa shape index (κ1) is 14.9. The molecule has 0 aliphatic carbocycles. The molecule has 0 spiro atoms. The van der Waals surface area contributed by atoms with E-state index in [1.54, 1.807) is 0 Å². The van der Waals surface area contributed by atoms with E-state index in [2.05, 4.69) is 42.3 Å². The van der Waals surface area contributed by atoms with E-state index in [4.69, 9.17) is 11.6 Å². The van der Waals surface area contributed by atoms with Gasteiger partial charge < -0.3 is 15.0 Å². The van der Waals surface area contributed by atoms with Crippen LogP contribution >= 0.6 is 11.6 Å². The summed E-state index contributed by atoms with van der Waals surface area (Å²) < 4.78 is 0. The maximum absolute atomic E-state index is 11.2. The first-order valence-corrected chi connectivity index (χ1v) is 7.85. The number of nitrogens with zero attached hydrogens (tertiary/aromatic N) is 1. The zero-order valence-corrected chi connectivity index (χ0v) is 13.5. The van der Waals surface area contributed by atoms with Crippen LogP contribution in [0.25, 0.3) is 11.1 Å². The van der Waals surface area contributed by atoms with Gasteiger partial charge in [-0.2, -0.15) is 0 Å². The molecule has 0 bridgehead atoms. The number of rotatable bonds is 3. The van der Waals surface area contributed by atoms with Gasteiger partial charge in [-0.15, -0.1) is 0 Å². The minimum absolute atomic E-state index is 0.160. The van der Waals surface area contributed by atoms with Crippen molar-refractivity contribution < 1.29 is 4.79 Å². The molecule has 114 valence electrons. The third-order valence-corrected chi connectivity index (χ3v) is 4.22. The van der Waals surface area contributed by atoms with E-state index < -0.39 is 0 Å². The highest BCUT2D eigenvalue weighted by atomic mass is 35.5. The number of fused-ring (bicyclic) bond motifs is 1. The lowest BCUT2D eigenvalue weighted by atomic mass is 10.0. The number of anilines is 2. The van der Waals surface area contributed by atoms with Crippen molar-refractivity contribution in [3.8, 4) is 11.1 Å². The van der Waals surface area contributed by atoms with Gasteiger partial charge in [0.25, 0.3) is 0 Å². The summed E-state index contributed by atoms with van der Waals surface area (Å²) in [6.45, 7) is 4.97. The average Bonchev–Trinajstić information content (AvgIpc) is 2.53. The Morgan fingerprint density at radius 1 is 1.23 bits per heavy atom. The van der Waals surface area contributed by atoms with Crippen molar-refractivity contribution in [3.63, 3.8) is 0 Å². The molecule has 1 atom stereocenters. The molecular formula is C18H19ClN2O. The van der Waals surface area contributed by atoms with E-state index in [0.717, 1.165) is 33.8 Å². The predicted octanol–water partition coefficient (Wildman–Crippen LogP) is 4.21. The minimum atomic E-state index is -0.160. The first-order chi connectivity index (χ1) is 10.6. The van der Waals surface area contributed by atoms with Crippen molar-refractivity contribution in [2.45, 2.75) is 25.9 Å². The number of hydrogen-bond acceptors (Lipinski definition) is 3. The van der Waals surface area contributed by atoms with Crippen molar-refractivity contribution >= 4 is 29.3 Å². The zero-order valence-electron chi connectivity index (χ0n) is 12.7. The van der Waals surface area contributed by atoms with E-state index in [0.29, 0.717) is 12.6 Å². The van der Waals surface area contributed by atoms with Crippen LogP contribution in [-0.4, -0.2) is 24.9 Å². The molecule has 1 aliphatic heterocycles. The van der Waals surface area contributed by atoms with Crippen LogP contribution < -0.4 is 10.2 Å². The van der Waals surface area contributed by atoms with E-state index >= 15 is 0 Å². The molecule has 0 aromatic heterocycles. The second-order valence-electron chi connectivity index (χ2n) is 5.88. The Bertz CT molecular complexity index is 699. The van der Waals surface area contributed by atoms with E-state index in [1.165, 1.54) is 0 Å². The summed E-state index contributed by atoms with van der Waals surface area (Å²) in [5.41, 5.74) is 4.35. The van der Waals surface area contributed by atoms with Gasteiger partial charge in [0.1, 0.15) is 6.29 Å². The van der Waals surface area contributed by atoms with Crippen LogP contribution in [0.4, 0.5) is 11.4 Å². The molecule has 1 N–H and O–H groups in total. The lowest BCUT2D eigenvalue weighted by Crippen LogP contribution is -2.45. The Morgan fingerprint density at radius 2 is 2.00 bits per heavy atom. The van der Waals surface area contributed by atoms with Gasteiger partial charge in [0.05, 0.1) is 17.4 Å². The molecule has 2 aromatic rings. The number of carbonyl (C=O) groups excluding carboxylic acids is 1. The fourth-order valence-electron chi connectivity index (χ4n) is 2.86. The molecule has 0 radical (unpaired) electrons. The first-order valence-electron chi connectivity index (χ1n) is 7.47. The number of aldehydes is 1. The SMILES string of the molecule is CC(C)N1CC(C=O)Nc2ccc(-c3cccc(Cl)c3)cc21. The quantitative estimate of drug-likeness (QED) is 0.861. The summed E-state index contributed by atoms with van der Waals surface area (Å²) in [7, 11) is 0. The monoisotopic (exact) mass is 314 g/mol. The van der Waals surface area contributed by atoms with Gasteiger partial charge in [0.2, 0.25) is 0 Å². The lowest BCUT2D eigenvalue weighted by molar-refractivity contribution is -0.108. The molecular weight excluding hydrogens is 296 g/mol. The van der Waals surface area contributed by atoms with Crippen LogP contribution in [-0.2, 0) is 4.79 Å². The van der Waals surface area contributed by atoms with Crippen molar-refractivity contribution in [3.05, 3.63) is 47.5 Å². The highest BCUT2D eigenvalue weighted by Crippen LogP contribution is 2.36. The average molecular weight is 315 g/mol. The highest BCUT2D eigenvalue weighted by molar-refractivity contribution is 6.30. The van der Waals surface area contributed by atoms with Gasteiger partial charge in [0.15, 0.2) is 0 Å². The molecule has 0 fully saturated rings. The summed E-state index contributed by atoms with van der Waals surface area (Å²) >= 11 is 6.09. The molecule has 22 heavy (non-hydrogen) atoms. The van der Waals surface area contributed by atoms with Gasteiger partial charge in [-0.1, -0.05) is 29.8 Å². The second kappa shape index (κ2) is 6.01. The van der Waals surface area contributed by atoms with E-state index in [-0.39, 0.29) is 6.04 Å². The summed E-state index contributed by atoms with van der Waals surface area (Å²) in [5.74, 6) is 0. The highest BCUT2D eigenvalue weighted by Gasteiger charge is 2.25. The van der Waals surface area contributed by atoms with E-state index in [1.807, 2.05) is 24.3 Å². The molecule has 3 nitrogen and oxygen atoms in total. The molecule has 0 saturated carbocycles. The maximum atomic E-state index is 11.2. The van der Waals surface area contributed by atoms with Crippen LogP contribution in [0, 0.1) is 0 Å². The third-order valence-electron chi connectivity index (χ3n) is 3.99. The summed E-state index contributed by atoms with van der Waals surface area (Å²) in [6, 6.07) is 14.3. The lowest BCUT2D eigenvalue weighted by Gasteiger charge is -2.38. The van der Waals surface area contributed by atoms with Gasteiger partial charge in [-0.05, 0) is 49.2 Å². The second-order valence-corrected chi connectivity index (χ2v) is 6.31. The number of nitrogens with one attached hydrogen (secondary N) is 1. The molecule has 2 aromatic carbocycles. The largest absolute Gasteiger partial charge is 0.372 e. The van der Waals surface area contributed by atoms with Crippen LogP contribution in [0.2, 0.25) is 5.02 Å². The summed E-state index contributed by atoms with van der Waals surface area (Å²) in [5, 5.41) is 4.02. The Balaban J connectivity index is 2.05. The molecule has 1 unspecified atom stereocenters. The topological polar surface area (TPSA) is 32.3 Å². The molecule has 1 aliphatic rings. The minimum Gasteiger partial charge on any atom is -0.372 e. The Labute approximate surface area is 135 Å². The van der Waals surface area contributed by atoms with Gasteiger partial charge in [-0.25, -0.2) is 0 Å². The number of halogens is 1. The van der Waals surface area contributed by atoms with Crippen molar-refractivity contribution in [2.75, 3.05) is 16.8 Å². The Kier molecular flexibility index (Phi) is 4.08. The van der Waals surface area contributed by atoms with Crippen molar-refractivity contribution in [2.24, 2.45) is 0 Å². The predicted molar refractivity (Wildman–Crippen MR) is 92.8 cm³/mol. The molecule has 0 amide bonds. The number of carbonyl (C=O) groups is 1. The van der Waals surface area contributed by atoms with Crippen LogP contribution in [0.5, 0.6) is 0 Å². The van der Waals surface area contributed by atoms with Gasteiger partial charge in [0, 0.05) is 17.6 Å². The van der Waals surface area contributed by atoms with Crippen LogP contribution in [0.15, 0.2) is 42.5 Å².